The normalized spacial score (nSPS) is 20.6. The van der Waals surface area contributed by atoms with E-state index in [2.05, 4.69) is 0 Å². The van der Waals surface area contributed by atoms with Crippen molar-refractivity contribution in [3.63, 3.8) is 0 Å². The summed E-state index contributed by atoms with van der Waals surface area (Å²) in [5.41, 5.74) is 4.06. The molecular weight excluding hydrogens is 348 g/mol. The summed E-state index contributed by atoms with van der Waals surface area (Å²) in [6.45, 7) is 1.24. The van der Waals surface area contributed by atoms with Gasteiger partial charge < -0.3 is 25.0 Å². The summed E-state index contributed by atoms with van der Waals surface area (Å²) in [6.07, 6.45) is 1.72. The molecule has 3 heterocycles. The van der Waals surface area contributed by atoms with E-state index in [-0.39, 0.29) is 41.9 Å². The van der Waals surface area contributed by atoms with Crippen LogP contribution in [0.25, 0.3) is 10.9 Å². The number of carboxylic acid groups (broad SMARTS) is 1. The van der Waals surface area contributed by atoms with Crippen LogP contribution >= 0.6 is 0 Å². The molecule has 0 spiro atoms. The number of aromatic nitrogens is 1. The average Bonchev–Trinajstić information content (AvgIpc) is 2.93. The fraction of sp³-hybridized carbons (Fsp3) is 0.412. The van der Waals surface area contributed by atoms with E-state index in [1.54, 1.807) is 0 Å². The SMILES string of the molecule is NC1CCN(c2c(F)cc3c(=O)c(C(=O)O)cn(C4COC4)c3c2F)C1. The van der Waals surface area contributed by atoms with Gasteiger partial charge in [0.05, 0.1) is 30.2 Å². The summed E-state index contributed by atoms with van der Waals surface area (Å²) >= 11 is 0. The fourth-order valence-corrected chi connectivity index (χ4v) is 3.54. The molecule has 2 aliphatic heterocycles. The number of pyridine rings is 1. The number of hydrogen-bond donors (Lipinski definition) is 2. The van der Waals surface area contributed by atoms with Crippen molar-refractivity contribution in [1.29, 1.82) is 0 Å². The molecule has 1 aromatic heterocycles. The molecule has 2 aliphatic rings. The van der Waals surface area contributed by atoms with Crippen molar-refractivity contribution in [2.75, 3.05) is 31.2 Å². The molecule has 0 bridgehead atoms. The summed E-state index contributed by atoms with van der Waals surface area (Å²) in [5.74, 6) is -3.23. The third-order valence-electron chi connectivity index (χ3n) is 4.97. The molecule has 4 rings (SSSR count). The predicted molar refractivity (Wildman–Crippen MR) is 89.7 cm³/mol. The van der Waals surface area contributed by atoms with Gasteiger partial charge in [-0.1, -0.05) is 0 Å². The molecular formula is C17H17F2N3O4. The quantitative estimate of drug-likeness (QED) is 0.845. The number of halogens is 2. The van der Waals surface area contributed by atoms with Crippen molar-refractivity contribution in [2.24, 2.45) is 5.73 Å². The Balaban J connectivity index is 2.02. The molecule has 2 fully saturated rings. The maximum absolute atomic E-state index is 15.3. The number of nitrogens with two attached hydrogens (primary N) is 1. The summed E-state index contributed by atoms with van der Waals surface area (Å²) in [5, 5.41) is 8.97. The highest BCUT2D eigenvalue weighted by Gasteiger charge is 2.31. The second-order valence-corrected chi connectivity index (χ2v) is 6.69. The largest absolute Gasteiger partial charge is 0.477 e. The molecule has 3 N–H and O–H groups in total. The van der Waals surface area contributed by atoms with Gasteiger partial charge in [-0.15, -0.1) is 0 Å². The minimum Gasteiger partial charge on any atom is -0.477 e. The van der Waals surface area contributed by atoms with Crippen molar-refractivity contribution in [3.8, 4) is 0 Å². The second-order valence-electron chi connectivity index (χ2n) is 6.69. The highest BCUT2D eigenvalue weighted by Crippen LogP contribution is 2.34. The first-order valence-corrected chi connectivity index (χ1v) is 8.27. The lowest BCUT2D eigenvalue weighted by molar-refractivity contribution is -0.0219. The van der Waals surface area contributed by atoms with Crippen molar-refractivity contribution >= 4 is 22.6 Å². The van der Waals surface area contributed by atoms with Gasteiger partial charge >= 0.3 is 5.97 Å². The lowest BCUT2D eigenvalue weighted by Gasteiger charge is -2.31. The van der Waals surface area contributed by atoms with E-state index >= 15 is 4.39 Å². The Morgan fingerprint density at radius 2 is 2.08 bits per heavy atom. The minimum atomic E-state index is -1.44. The van der Waals surface area contributed by atoms with Gasteiger partial charge in [0, 0.05) is 25.3 Å². The number of benzene rings is 1. The van der Waals surface area contributed by atoms with Crippen molar-refractivity contribution in [2.45, 2.75) is 18.5 Å². The standard InChI is InChI=1S/C17H17F2N3O4/c18-12-3-10-14(13(19)15(12)21-2-1-8(20)4-21)22(9-6-26-7-9)5-11(16(10)23)17(24)25/h3,5,8-9H,1-2,4,6-7,20H2,(H,24,25). The van der Waals surface area contributed by atoms with Crippen LogP contribution < -0.4 is 16.1 Å². The number of ether oxygens (including phenoxy) is 1. The van der Waals surface area contributed by atoms with E-state index in [0.29, 0.717) is 19.5 Å². The van der Waals surface area contributed by atoms with E-state index < -0.39 is 28.6 Å². The Hall–Kier alpha value is -2.52. The zero-order chi connectivity index (χ0) is 18.6. The van der Waals surface area contributed by atoms with E-state index in [1.807, 2.05) is 0 Å². The topological polar surface area (TPSA) is 97.8 Å². The van der Waals surface area contributed by atoms with E-state index in [0.717, 1.165) is 12.3 Å². The summed E-state index contributed by atoms with van der Waals surface area (Å²) in [7, 11) is 0. The van der Waals surface area contributed by atoms with Crippen molar-refractivity contribution in [3.05, 3.63) is 39.7 Å². The maximum Gasteiger partial charge on any atom is 0.341 e. The smallest absolute Gasteiger partial charge is 0.341 e. The molecule has 9 heteroatoms. The molecule has 1 unspecified atom stereocenters. The summed E-state index contributed by atoms with van der Waals surface area (Å²) in [4.78, 5) is 25.3. The number of aromatic carboxylic acids is 1. The molecule has 1 atom stereocenters. The lowest BCUT2D eigenvalue weighted by atomic mass is 10.1. The van der Waals surface area contributed by atoms with Gasteiger partial charge in [-0.2, -0.15) is 0 Å². The number of anilines is 1. The number of carbonyl (C=O) groups is 1. The maximum atomic E-state index is 15.3. The number of carboxylic acids is 1. The highest BCUT2D eigenvalue weighted by atomic mass is 19.1. The first kappa shape index (κ1) is 16.9. The van der Waals surface area contributed by atoms with Gasteiger partial charge in [-0.3, -0.25) is 4.79 Å². The molecule has 138 valence electrons. The average molecular weight is 365 g/mol. The third kappa shape index (κ3) is 2.46. The van der Waals surface area contributed by atoms with Crippen molar-refractivity contribution in [1.82, 2.24) is 4.57 Å². The summed E-state index contributed by atoms with van der Waals surface area (Å²) < 4.78 is 36.5. The second kappa shape index (κ2) is 6.03. The molecule has 7 nitrogen and oxygen atoms in total. The van der Waals surface area contributed by atoms with Gasteiger partial charge in [0.15, 0.2) is 5.82 Å². The Morgan fingerprint density at radius 3 is 2.62 bits per heavy atom. The summed E-state index contributed by atoms with van der Waals surface area (Å²) in [6, 6.07) is 0.425. The van der Waals surface area contributed by atoms with Gasteiger partial charge in [0.1, 0.15) is 17.1 Å². The molecule has 0 amide bonds. The van der Waals surface area contributed by atoms with Gasteiger partial charge in [0.2, 0.25) is 5.43 Å². The Labute approximate surface area is 146 Å². The van der Waals surface area contributed by atoms with Crippen LogP contribution in [0.5, 0.6) is 0 Å². The third-order valence-corrected chi connectivity index (χ3v) is 4.97. The van der Waals surface area contributed by atoms with Crippen LogP contribution in [-0.4, -0.2) is 48.0 Å². The number of fused-ring (bicyclic) bond motifs is 1. The number of hydrogen-bond acceptors (Lipinski definition) is 5. The van der Waals surface area contributed by atoms with Crippen LogP contribution in [0.15, 0.2) is 17.1 Å². The minimum absolute atomic E-state index is 0.106. The lowest BCUT2D eigenvalue weighted by Crippen LogP contribution is -2.34. The molecule has 0 radical (unpaired) electrons. The Bertz CT molecular complexity index is 971. The number of rotatable bonds is 3. The molecule has 0 saturated carbocycles. The van der Waals surface area contributed by atoms with Crippen molar-refractivity contribution < 1.29 is 23.4 Å². The monoisotopic (exact) mass is 365 g/mol. The molecule has 2 saturated heterocycles. The first-order chi connectivity index (χ1) is 12.4. The van der Waals surface area contributed by atoms with Gasteiger partial charge in [-0.25, -0.2) is 13.6 Å². The molecule has 2 aromatic rings. The number of nitrogens with zero attached hydrogens (tertiary/aromatic N) is 2. The highest BCUT2D eigenvalue weighted by molar-refractivity contribution is 5.94. The van der Waals surface area contributed by atoms with Crippen LogP contribution in [0, 0.1) is 11.6 Å². The molecule has 0 aliphatic carbocycles. The Morgan fingerprint density at radius 1 is 1.35 bits per heavy atom. The fourth-order valence-electron chi connectivity index (χ4n) is 3.54. The zero-order valence-electron chi connectivity index (χ0n) is 13.7. The van der Waals surface area contributed by atoms with Crippen LogP contribution in [0.2, 0.25) is 0 Å². The van der Waals surface area contributed by atoms with Gasteiger partial charge in [0.25, 0.3) is 0 Å². The van der Waals surface area contributed by atoms with Crippen LogP contribution in [0.3, 0.4) is 0 Å². The van der Waals surface area contributed by atoms with E-state index in [1.165, 1.54) is 9.47 Å². The predicted octanol–water partition coefficient (Wildman–Crippen LogP) is 1.09. The van der Waals surface area contributed by atoms with Crippen LogP contribution in [-0.2, 0) is 4.74 Å². The van der Waals surface area contributed by atoms with Gasteiger partial charge in [-0.05, 0) is 12.5 Å². The molecule has 26 heavy (non-hydrogen) atoms. The van der Waals surface area contributed by atoms with Crippen LogP contribution in [0.4, 0.5) is 14.5 Å². The first-order valence-electron chi connectivity index (χ1n) is 8.27. The van der Waals surface area contributed by atoms with Crippen LogP contribution in [0.1, 0.15) is 22.8 Å². The molecule has 1 aromatic carbocycles. The van der Waals surface area contributed by atoms with E-state index in [9.17, 15) is 19.1 Å². The zero-order valence-corrected chi connectivity index (χ0v) is 13.7. The Kier molecular flexibility index (Phi) is 3.92. The van der Waals surface area contributed by atoms with E-state index in [4.69, 9.17) is 10.5 Å².